The van der Waals surface area contributed by atoms with Crippen LogP contribution in [0.1, 0.15) is 28.7 Å². The quantitative estimate of drug-likeness (QED) is 0.561. The van der Waals surface area contributed by atoms with E-state index in [2.05, 4.69) is 4.99 Å². The van der Waals surface area contributed by atoms with E-state index in [0.717, 1.165) is 11.8 Å². The van der Waals surface area contributed by atoms with Crippen LogP contribution >= 0.6 is 23.2 Å². The SMILES string of the molecule is CS(=O)(=O)CC(=O)N1COCc2cc(C3=NCC(c4cc(Cl)cc(Cl)c4)(C(F)(F)F)C3)ccc2C1. The van der Waals surface area contributed by atoms with Crippen LogP contribution in [0.2, 0.25) is 10.0 Å². The summed E-state index contributed by atoms with van der Waals surface area (Å²) in [5.41, 5.74) is -0.0855. The van der Waals surface area contributed by atoms with Gasteiger partial charge in [-0.15, -0.1) is 0 Å². The summed E-state index contributed by atoms with van der Waals surface area (Å²) >= 11 is 12.0. The van der Waals surface area contributed by atoms with Crippen molar-refractivity contribution in [2.24, 2.45) is 4.99 Å². The zero-order valence-corrected chi connectivity index (χ0v) is 20.9. The third-order valence-electron chi connectivity index (χ3n) is 6.11. The average Bonchev–Trinajstić information content (AvgIpc) is 3.08. The maximum Gasteiger partial charge on any atom is 0.400 e. The van der Waals surface area contributed by atoms with Gasteiger partial charge in [0.15, 0.2) is 9.84 Å². The van der Waals surface area contributed by atoms with Crippen molar-refractivity contribution >= 4 is 44.7 Å². The number of aliphatic imine (C=N–C) groups is 1. The van der Waals surface area contributed by atoms with E-state index in [1.54, 1.807) is 18.2 Å². The molecule has 2 heterocycles. The first kappa shape index (κ1) is 25.9. The van der Waals surface area contributed by atoms with Gasteiger partial charge in [-0.3, -0.25) is 9.79 Å². The molecule has 0 spiro atoms. The number of carbonyl (C=O) groups is 1. The third kappa shape index (κ3) is 5.50. The minimum atomic E-state index is -4.60. The van der Waals surface area contributed by atoms with Crippen molar-refractivity contribution in [3.05, 3.63) is 68.7 Å². The molecule has 0 bridgehead atoms. The summed E-state index contributed by atoms with van der Waals surface area (Å²) in [5, 5.41) is 0.225. The zero-order valence-electron chi connectivity index (χ0n) is 18.5. The van der Waals surface area contributed by atoms with Crippen LogP contribution in [0.25, 0.3) is 0 Å². The van der Waals surface area contributed by atoms with Gasteiger partial charge in [-0.1, -0.05) is 35.3 Å². The summed E-state index contributed by atoms with van der Waals surface area (Å²) in [6.07, 6.45) is -4.00. The fourth-order valence-corrected chi connectivity index (χ4v) is 5.44. The number of sulfone groups is 1. The molecule has 2 aromatic rings. The molecule has 2 aromatic carbocycles. The molecular formula is C23H21Cl2F3N2O4S. The summed E-state index contributed by atoms with van der Waals surface area (Å²) in [7, 11) is -3.50. The predicted molar refractivity (Wildman–Crippen MR) is 127 cm³/mol. The molecule has 0 saturated heterocycles. The summed E-state index contributed by atoms with van der Waals surface area (Å²) < 4.78 is 71.6. The second kappa shape index (κ2) is 9.38. The average molecular weight is 549 g/mol. The minimum Gasteiger partial charge on any atom is -0.356 e. The molecule has 0 fully saturated rings. The summed E-state index contributed by atoms with van der Waals surface area (Å²) in [6.45, 7) is -0.340. The number of carbonyl (C=O) groups excluding carboxylic acids is 1. The Morgan fingerprint density at radius 1 is 1.14 bits per heavy atom. The Kier molecular flexibility index (Phi) is 6.95. The first-order valence-corrected chi connectivity index (χ1v) is 13.3. The Balaban J connectivity index is 1.60. The van der Waals surface area contributed by atoms with Gasteiger partial charge in [-0.2, -0.15) is 13.2 Å². The Morgan fingerprint density at radius 2 is 1.83 bits per heavy atom. The number of ether oxygens (including phenoxy) is 1. The van der Waals surface area contributed by atoms with Crippen LogP contribution in [0.15, 0.2) is 41.4 Å². The van der Waals surface area contributed by atoms with Crippen molar-refractivity contribution in [1.82, 2.24) is 4.90 Å². The molecule has 35 heavy (non-hydrogen) atoms. The Labute approximate surface area is 210 Å². The molecule has 0 saturated carbocycles. The largest absolute Gasteiger partial charge is 0.400 e. The Hall–Kier alpha value is -2.14. The first-order valence-electron chi connectivity index (χ1n) is 10.5. The molecule has 0 N–H and O–H groups in total. The van der Waals surface area contributed by atoms with E-state index in [-0.39, 0.29) is 47.6 Å². The third-order valence-corrected chi connectivity index (χ3v) is 7.32. The van der Waals surface area contributed by atoms with E-state index in [1.807, 2.05) is 0 Å². The van der Waals surface area contributed by atoms with Gasteiger partial charge in [-0.05, 0) is 46.5 Å². The van der Waals surface area contributed by atoms with Gasteiger partial charge >= 0.3 is 6.18 Å². The van der Waals surface area contributed by atoms with Crippen molar-refractivity contribution in [2.75, 3.05) is 25.3 Å². The van der Waals surface area contributed by atoms with Crippen LogP contribution in [0.3, 0.4) is 0 Å². The Bertz CT molecular complexity index is 1290. The van der Waals surface area contributed by atoms with Crippen molar-refractivity contribution in [3.8, 4) is 0 Å². The number of halogens is 5. The van der Waals surface area contributed by atoms with Crippen LogP contribution in [-0.2, 0) is 37.9 Å². The van der Waals surface area contributed by atoms with Gasteiger partial charge in [0.25, 0.3) is 0 Å². The lowest BCUT2D eigenvalue weighted by Gasteiger charge is -2.31. The van der Waals surface area contributed by atoms with Crippen LogP contribution in [-0.4, -0.2) is 56.4 Å². The van der Waals surface area contributed by atoms with E-state index in [9.17, 15) is 26.4 Å². The van der Waals surface area contributed by atoms with E-state index in [4.69, 9.17) is 27.9 Å². The van der Waals surface area contributed by atoms with Gasteiger partial charge in [0.1, 0.15) is 17.9 Å². The molecule has 12 heteroatoms. The van der Waals surface area contributed by atoms with Crippen LogP contribution in [0, 0.1) is 0 Å². The molecule has 0 radical (unpaired) electrons. The van der Waals surface area contributed by atoms with Gasteiger partial charge in [0, 0.05) is 35.0 Å². The lowest BCUT2D eigenvalue weighted by molar-refractivity contribution is -0.183. The fraction of sp³-hybridized carbons (Fsp3) is 0.391. The molecule has 188 valence electrons. The highest BCUT2D eigenvalue weighted by Gasteiger charge is 2.58. The molecule has 2 aliphatic heterocycles. The molecular weight excluding hydrogens is 528 g/mol. The van der Waals surface area contributed by atoms with E-state index >= 15 is 0 Å². The summed E-state index contributed by atoms with van der Waals surface area (Å²) in [6, 6.07) is 8.98. The van der Waals surface area contributed by atoms with Gasteiger partial charge in [0.05, 0.1) is 13.2 Å². The maximum atomic E-state index is 14.4. The number of hydrogen-bond donors (Lipinski definition) is 0. The van der Waals surface area contributed by atoms with Crippen LogP contribution in [0.4, 0.5) is 13.2 Å². The predicted octanol–water partition coefficient (Wildman–Crippen LogP) is 4.55. The van der Waals surface area contributed by atoms with Crippen molar-refractivity contribution in [3.63, 3.8) is 0 Å². The molecule has 1 atom stereocenters. The monoisotopic (exact) mass is 548 g/mol. The maximum absolute atomic E-state index is 14.4. The van der Waals surface area contributed by atoms with Crippen LogP contribution < -0.4 is 0 Å². The fourth-order valence-electron chi connectivity index (χ4n) is 4.29. The van der Waals surface area contributed by atoms with Crippen molar-refractivity contribution in [2.45, 2.75) is 31.2 Å². The smallest absolute Gasteiger partial charge is 0.356 e. The number of amides is 1. The van der Waals surface area contributed by atoms with E-state index in [0.29, 0.717) is 11.1 Å². The number of alkyl halides is 3. The second-order valence-electron chi connectivity index (χ2n) is 8.80. The molecule has 1 unspecified atom stereocenters. The molecule has 1 amide bonds. The van der Waals surface area contributed by atoms with E-state index < -0.39 is 39.6 Å². The lowest BCUT2D eigenvalue weighted by Crippen LogP contribution is -2.43. The highest BCUT2D eigenvalue weighted by atomic mass is 35.5. The topological polar surface area (TPSA) is 76.0 Å². The lowest BCUT2D eigenvalue weighted by atomic mass is 9.76. The number of fused-ring (bicyclic) bond motifs is 1. The highest BCUT2D eigenvalue weighted by molar-refractivity contribution is 7.91. The molecule has 0 aromatic heterocycles. The highest BCUT2D eigenvalue weighted by Crippen LogP contribution is 2.48. The normalized spacial score (nSPS) is 20.9. The summed E-state index contributed by atoms with van der Waals surface area (Å²) in [4.78, 5) is 17.9. The molecule has 0 aliphatic carbocycles. The molecule has 4 rings (SSSR count). The number of hydrogen-bond acceptors (Lipinski definition) is 5. The minimum absolute atomic E-state index is 0.0422. The van der Waals surface area contributed by atoms with Crippen molar-refractivity contribution in [1.29, 1.82) is 0 Å². The van der Waals surface area contributed by atoms with Gasteiger partial charge in [0.2, 0.25) is 5.91 Å². The standard InChI is InChI=1S/C23H21Cl2F3N2O4S/c1-35(32,33)11-21(31)30-9-15-3-2-14(4-16(15)10-34-13-30)20-8-22(12-29-20,23(26,27)28)17-5-18(24)7-19(25)6-17/h2-7H,8-13H2,1H3. The van der Waals surface area contributed by atoms with Crippen molar-refractivity contribution < 1.29 is 31.1 Å². The van der Waals surface area contributed by atoms with Crippen LogP contribution in [0.5, 0.6) is 0 Å². The van der Waals surface area contributed by atoms with E-state index in [1.165, 1.54) is 23.1 Å². The molecule has 6 nitrogen and oxygen atoms in total. The number of benzene rings is 2. The second-order valence-corrected chi connectivity index (χ2v) is 11.8. The van der Waals surface area contributed by atoms with Gasteiger partial charge < -0.3 is 9.64 Å². The number of nitrogens with zero attached hydrogens (tertiary/aromatic N) is 2. The summed E-state index contributed by atoms with van der Waals surface area (Å²) in [5.74, 6) is -1.21. The first-order chi connectivity index (χ1) is 16.3. The van der Waals surface area contributed by atoms with Gasteiger partial charge in [-0.25, -0.2) is 8.42 Å². The molecule has 2 aliphatic rings. The Morgan fingerprint density at radius 3 is 2.46 bits per heavy atom. The zero-order chi connectivity index (χ0) is 25.6. The number of rotatable bonds is 4.